The highest BCUT2D eigenvalue weighted by atomic mass is 19.1. The smallest absolute Gasteiger partial charge is 0.337 e. The van der Waals surface area contributed by atoms with Gasteiger partial charge in [-0.15, -0.1) is 0 Å². The van der Waals surface area contributed by atoms with E-state index in [2.05, 4.69) is 15.3 Å². The molecule has 2 N–H and O–H groups in total. The van der Waals surface area contributed by atoms with Crippen LogP contribution in [0.3, 0.4) is 0 Å². The van der Waals surface area contributed by atoms with Crippen molar-refractivity contribution in [3.05, 3.63) is 89.3 Å². The zero-order valence-electron chi connectivity index (χ0n) is 14.9. The first-order valence-electron chi connectivity index (χ1n) is 8.39. The molecular weight excluding hydrogens is 384 g/mol. The molecule has 1 aromatic carbocycles. The number of carboxylic acid groups (broad SMARTS) is 1. The van der Waals surface area contributed by atoms with Crippen LogP contribution < -0.4 is 10.1 Å². The van der Waals surface area contributed by atoms with Crippen LogP contribution in [0.2, 0.25) is 0 Å². The molecule has 148 valence electrons. The molecule has 0 radical (unpaired) electrons. The molecule has 3 rings (SSSR count). The number of nitrogens with one attached hydrogen (secondary N) is 1. The molecule has 0 aliphatic carbocycles. The number of carboxylic acids is 1. The van der Waals surface area contributed by atoms with Crippen LogP contribution in [0.15, 0.2) is 60.9 Å². The summed E-state index contributed by atoms with van der Waals surface area (Å²) in [7, 11) is 0. The predicted molar refractivity (Wildman–Crippen MR) is 97.7 cm³/mol. The summed E-state index contributed by atoms with van der Waals surface area (Å²) in [5.41, 5.74) is 0.331. The molecule has 2 aromatic heterocycles. The van der Waals surface area contributed by atoms with Crippen molar-refractivity contribution in [3.63, 3.8) is 0 Å². The molecule has 29 heavy (non-hydrogen) atoms. The first-order valence-corrected chi connectivity index (χ1v) is 8.39. The van der Waals surface area contributed by atoms with Gasteiger partial charge in [-0.1, -0.05) is 12.1 Å². The van der Waals surface area contributed by atoms with E-state index in [0.717, 1.165) is 6.20 Å². The largest absolute Gasteiger partial charge is 0.478 e. The van der Waals surface area contributed by atoms with Crippen LogP contribution in [-0.4, -0.2) is 33.8 Å². The number of ether oxygens (including phenoxy) is 1. The number of aromatic carboxylic acids is 1. The SMILES string of the molecule is O=C(O)c1ccc(C(=O)N[C@@H](c2ccc(OCF)cc2)c2ncccc2F)nc1. The average molecular weight is 399 g/mol. The summed E-state index contributed by atoms with van der Waals surface area (Å²) in [4.78, 5) is 31.4. The van der Waals surface area contributed by atoms with E-state index in [9.17, 15) is 18.4 Å². The molecule has 0 spiro atoms. The minimum absolute atomic E-state index is 0.0258. The van der Waals surface area contributed by atoms with Gasteiger partial charge in [-0.2, -0.15) is 0 Å². The number of carbonyl (C=O) groups excluding carboxylic acids is 1. The Morgan fingerprint density at radius 2 is 1.86 bits per heavy atom. The van der Waals surface area contributed by atoms with Crippen LogP contribution in [0, 0.1) is 5.82 Å². The molecule has 9 heteroatoms. The minimum atomic E-state index is -1.17. The molecule has 0 unspecified atom stereocenters. The van der Waals surface area contributed by atoms with Crippen LogP contribution >= 0.6 is 0 Å². The molecule has 0 bridgehead atoms. The first-order chi connectivity index (χ1) is 14.0. The Hall–Kier alpha value is -3.88. The maximum absolute atomic E-state index is 14.4. The lowest BCUT2D eigenvalue weighted by Gasteiger charge is -2.19. The van der Waals surface area contributed by atoms with Gasteiger partial charge in [0.1, 0.15) is 23.0 Å². The van der Waals surface area contributed by atoms with Crippen molar-refractivity contribution in [1.82, 2.24) is 15.3 Å². The second-order valence-electron chi connectivity index (χ2n) is 5.84. The number of halogens is 2. The Morgan fingerprint density at radius 1 is 1.10 bits per heavy atom. The second-order valence-corrected chi connectivity index (χ2v) is 5.84. The molecule has 3 aromatic rings. The zero-order valence-corrected chi connectivity index (χ0v) is 14.9. The summed E-state index contributed by atoms with van der Waals surface area (Å²) in [5, 5.41) is 11.6. The molecule has 0 aliphatic rings. The Kier molecular flexibility index (Phi) is 6.08. The van der Waals surface area contributed by atoms with E-state index in [1.54, 1.807) is 12.1 Å². The highest BCUT2D eigenvalue weighted by Gasteiger charge is 2.23. The number of carbonyl (C=O) groups is 2. The quantitative estimate of drug-likeness (QED) is 0.633. The molecule has 7 nitrogen and oxygen atoms in total. The lowest BCUT2D eigenvalue weighted by Crippen LogP contribution is -2.31. The maximum Gasteiger partial charge on any atom is 0.337 e. The lowest BCUT2D eigenvalue weighted by molar-refractivity contribution is 0.0695. The van der Waals surface area contributed by atoms with E-state index < -0.39 is 30.6 Å². The Labute approximate surface area is 164 Å². The maximum atomic E-state index is 14.4. The molecule has 2 heterocycles. The van der Waals surface area contributed by atoms with E-state index in [0.29, 0.717) is 5.56 Å². The lowest BCUT2D eigenvalue weighted by atomic mass is 10.0. The van der Waals surface area contributed by atoms with Crippen molar-refractivity contribution in [1.29, 1.82) is 0 Å². The molecule has 1 amide bonds. The van der Waals surface area contributed by atoms with Gasteiger partial charge in [0.15, 0.2) is 0 Å². The Bertz CT molecular complexity index is 1010. The molecule has 0 fully saturated rings. The number of hydrogen-bond acceptors (Lipinski definition) is 5. The van der Waals surface area contributed by atoms with Crippen LogP contribution in [-0.2, 0) is 0 Å². The molecular formula is C20H15F2N3O4. The van der Waals surface area contributed by atoms with Gasteiger partial charge in [-0.05, 0) is 42.0 Å². The monoisotopic (exact) mass is 399 g/mol. The molecule has 1 atom stereocenters. The number of hydrogen-bond donors (Lipinski definition) is 2. The minimum Gasteiger partial charge on any atom is -0.478 e. The van der Waals surface area contributed by atoms with Gasteiger partial charge in [-0.3, -0.25) is 14.8 Å². The third-order valence-corrected chi connectivity index (χ3v) is 4.01. The van der Waals surface area contributed by atoms with Gasteiger partial charge in [0.05, 0.1) is 11.6 Å². The van der Waals surface area contributed by atoms with Crippen LogP contribution in [0.4, 0.5) is 8.78 Å². The highest BCUT2D eigenvalue weighted by Crippen LogP contribution is 2.25. The van der Waals surface area contributed by atoms with Crippen LogP contribution in [0.25, 0.3) is 0 Å². The summed E-state index contributed by atoms with van der Waals surface area (Å²) in [5.74, 6) is -2.18. The standard InChI is InChI=1S/C20H15F2N3O4/c21-11-29-14-6-3-12(4-7-14)17(18-15(22)2-1-9-23-18)25-19(26)16-8-5-13(10-24-16)20(27)28/h1-10,17H,11H2,(H,25,26)(H,27,28)/t17-/m0/s1. The average Bonchev–Trinajstić information content (AvgIpc) is 2.73. The van der Waals surface area contributed by atoms with E-state index in [4.69, 9.17) is 9.84 Å². The van der Waals surface area contributed by atoms with Gasteiger partial charge >= 0.3 is 5.97 Å². The highest BCUT2D eigenvalue weighted by molar-refractivity contribution is 5.94. The molecule has 0 saturated heterocycles. The van der Waals surface area contributed by atoms with Crippen LogP contribution in [0.1, 0.15) is 38.1 Å². The third kappa shape index (κ3) is 4.70. The van der Waals surface area contributed by atoms with Crippen molar-refractivity contribution < 1.29 is 28.2 Å². The number of alkyl halides is 1. The van der Waals surface area contributed by atoms with Crippen molar-refractivity contribution in [2.75, 3.05) is 6.86 Å². The fraction of sp³-hybridized carbons (Fsp3) is 0.100. The van der Waals surface area contributed by atoms with E-state index >= 15 is 0 Å². The number of amides is 1. The second kappa shape index (κ2) is 8.87. The number of nitrogens with zero attached hydrogens (tertiary/aromatic N) is 2. The Balaban J connectivity index is 1.91. The molecule has 0 aliphatic heterocycles. The number of rotatable bonds is 7. The van der Waals surface area contributed by atoms with Gasteiger partial charge in [0, 0.05) is 12.4 Å². The van der Waals surface area contributed by atoms with Crippen molar-refractivity contribution >= 4 is 11.9 Å². The summed E-state index contributed by atoms with van der Waals surface area (Å²) in [6, 6.07) is 10.2. The van der Waals surface area contributed by atoms with E-state index in [1.807, 2.05) is 0 Å². The predicted octanol–water partition coefficient (Wildman–Crippen LogP) is 3.14. The third-order valence-electron chi connectivity index (χ3n) is 4.01. The van der Waals surface area contributed by atoms with Gasteiger partial charge in [-0.25, -0.2) is 13.6 Å². The normalized spacial score (nSPS) is 11.5. The first kappa shape index (κ1) is 19.9. The van der Waals surface area contributed by atoms with Crippen LogP contribution in [0.5, 0.6) is 5.75 Å². The van der Waals surface area contributed by atoms with Crippen molar-refractivity contribution in [3.8, 4) is 5.75 Å². The van der Waals surface area contributed by atoms with Crippen molar-refractivity contribution in [2.24, 2.45) is 0 Å². The fourth-order valence-electron chi connectivity index (χ4n) is 2.60. The molecule has 0 saturated carbocycles. The van der Waals surface area contributed by atoms with Gasteiger partial charge in [0.25, 0.3) is 5.91 Å². The fourth-order valence-corrected chi connectivity index (χ4v) is 2.60. The van der Waals surface area contributed by atoms with Crippen molar-refractivity contribution in [2.45, 2.75) is 6.04 Å². The van der Waals surface area contributed by atoms with Gasteiger partial charge < -0.3 is 15.2 Å². The van der Waals surface area contributed by atoms with Gasteiger partial charge in [0.2, 0.25) is 6.86 Å². The summed E-state index contributed by atoms with van der Waals surface area (Å²) in [6.07, 6.45) is 2.44. The summed E-state index contributed by atoms with van der Waals surface area (Å²) >= 11 is 0. The number of benzene rings is 1. The van der Waals surface area contributed by atoms with E-state index in [1.165, 1.54) is 42.6 Å². The summed E-state index contributed by atoms with van der Waals surface area (Å²) in [6.45, 7) is -0.994. The topological polar surface area (TPSA) is 101 Å². The zero-order chi connectivity index (χ0) is 20.8. The number of pyridine rings is 2. The van der Waals surface area contributed by atoms with E-state index in [-0.39, 0.29) is 22.7 Å². The summed E-state index contributed by atoms with van der Waals surface area (Å²) < 4.78 is 31.4. The Morgan fingerprint density at radius 3 is 2.45 bits per heavy atom. The number of aromatic nitrogens is 2.